The SMILES string of the molecule is CC(C)c1ccc(OC2CCN(c3ccc(CN4CCC(O)(c5ccc6c(c5)CN(C5CCC(=O)NC5=O)C6=O)CC4)cc3)CC2)nc1. The number of nitrogens with one attached hydrogen (secondary N) is 1. The Labute approximate surface area is 282 Å². The summed E-state index contributed by atoms with van der Waals surface area (Å²) in [4.78, 5) is 48.0. The summed E-state index contributed by atoms with van der Waals surface area (Å²) in [5, 5.41) is 14.0. The Bertz CT molecular complexity index is 1660. The van der Waals surface area contributed by atoms with Gasteiger partial charge in [0.2, 0.25) is 17.7 Å². The van der Waals surface area contributed by atoms with E-state index in [0.717, 1.165) is 56.7 Å². The normalized spacial score (nSPS) is 21.8. The molecule has 7 rings (SSSR count). The van der Waals surface area contributed by atoms with Gasteiger partial charge >= 0.3 is 0 Å². The lowest BCUT2D eigenvalue weighted by atomic mass is 9.83. The number of rotatable bonds is 8. The third-order valence-corrected chi connectivity index (χ3v) is 10.6. The number of aromatic nitrogens is 1. The molecule has 4 aliphatic rings. The Morgan fingerprint density at radius 3 is 2.38 bits per heavy atom. The molecule has 252 valence electrons. The predicted octanol–water partition coefficient (Wildman–Crippen LogP) is 4.50. The number of piperidine rings is 3. The summed E-state index contributed by atoms with van der Waals surface area (Å²) in [6.07, 6.45) is 5.79. The average molecular weight is 652 g/mol. The zero-order valence-electron chi connectivity index (χ0n) is 27.9. The first kappa shape index (κ1) is 32.3. The molecular weight excluding hydrogens is 606 g/mol. The van der Waals surface area contributed by atoms with Crippen molar-refractivity contribution in [2.75, 3.05) is 31.1 Å². The van der Waals surface area contributed by atoms with E-state index in [1.807, 2.05) is 24.4 Å². The smallest absolute Gasteiger partial charge is 0.255 e. The number of pyridine rings is 1. The molecule has 2 aromatic carbocycles. The third-order valence-electron chi connectivity index (χ3n) is 10.6. The molecule has 1 atom stereocenters. The molecule has 3 amide bonds. The number of carbonyl (C=O) groups is 3. The molecule has 3 fully saturated rings. The maximum atomic E-state index is 13.1. The van der Waals surface area contributed by atoms with Crippen LogP contribution in [-0.2, 0) is 28.3 Å². The second kappa shape index (κ2) is 13.3. The van der Waals surface area contributed by atoms with Crippen LogP contribution < -0.4 is 15.0 Å². The largest absolute Gasteiger partial charge is 0.474 e. The standard InChI is InChI=1S/C38H45N5O5/c1-25(2)27-5-12-35(39-22-27)48-31-13-17-42(18-14-31)30-7-3-26(4-8-30)23-41-19-15-38(47,16-20-41)29-6-9-32-28(21-29)24-43(37(32)46)33-10-11-34(44)40-36(33)45/h3-9,12,21-22,25,31,33,47H,10-11,13-20,23-24H2,1-2H3,(H,40,44,45). The van der Waals surface area contributed by atoms with Crippen LogP contribution in [0.5, 0.6) is 5.88 Å². The van der Waals surface area contributed by atoms with Crippen molar-refractivity contribution < 1.29 is 24.2 Å². The van der Waals surface area contributed by atoms with Gasteiger partial charge in [-0.05, 0) is 65.6 Å². The van der Waals surface area contributed by atoms with E-state index in [-0.39, 0.29) is 24.3 Å². The molecule has 3 saturated heterocycles. The van der Waals surface area contributed by atoms with Crippen molar-refractivity contribution in [2.45, 2.75) is 89.1 Å². The summed E-state index contributed by atoms with van der Waals surface area (Å²) in [6, 6.07) is 17.9. The summed E-state index contributed by atoms with van der Waals surface area (Å²) in [5.74, 6) is 0.258. The van der Waals surface area contributed by atoms with Gasteiger partial charge in [-0.25, -0.2) is 4.98 Å². The molecule has 10 nitrogen and oxygen atoms in total. The van der Waals surface area contributed by atoms with Crippen LogP contribution in [0.1, 0.15) is 90.9 Å². The van der Waals surface area contributed by atoms with Gasteiger partial charge in [-0.2, -0.15) is 0 Å². The first-order valence-corrected chi connectivity index (χ1v) is 17.3. The van der Waals surface area contributed by atoms with Crippen LogP contribution in [0.4, 0.5) is 5.69 Å². The van der Waals surface area contributed by atoms with Gasteiger partial charge in [0, 0.05) is 82.0 Å². The average Bonchev–Trinajstić information content (AvgIpc) is 3.42. The maximum Gasteiger partial charge on any atom is 0.255 e. The van der Waals surface area contributed by atoms with Gasteiger partial charge in [0.15, 0.2) is 0 Å². The molecule has 5 heterocycles. The lowest BCUT2D eigenvalue weighted by Crippen LogP contribution is -2.52. The van der Waals surface area contributed by atoms with Crippen LogP contribution in [0, 0.1) is 0 Å². The van der Waals surface area contributed by atoms with Crippen LogP contribution in [0.3, 0.4) is 0 Å². The quantitative estimate of drug-likeness (QED) is 0.343. The minimum atomic E-state index is -0.968. The number of carbonyl (C=O) groups excluding carboxylic acids is 3. The van der Waals surface area contributed by atoms with Crippen molar-refractivity contribution in [1.82, 2.24) is 20.1 Å². The molecule has 3 aromatic rings. The van der Waals surface area contributed by atoms with Crippen LogP contribution in [-0.4, -0.2) is 75.9 Å². The van der Waals surface area contributed by atoms with E-state index in [4.69, 9.17) is 4.74 Å². The van der Waals surface area contributed by atoms with Crippen molar-refractivity contribution in [3.8, 4) is 5.88 Å². The fourth-order valence-electron chi connectivity index (χ4n) is 7.51. The molecule has 4 aliphatic heterocycles. The van der Waals surface area contributed by atoms with E-state index in [1.165, 1.54) is 16.8 Å². The number of hydrogen-bond donors (Lipinski definition) is 2. The van der Waals surface area contributed by atoms with E-state index < -0.39 is 17.6 Å². The number of amides is 3. The molecule has 1 aromatic heterocycles. The predicted molar refractivity (Wildman–Crippen MR) is 182 cm³/mol. The number of imide groups is 1. The molecule has 48 heavy (non-hydrogen) atoms. The highest BCUT2D eigenvalue weighted by Crippen LogP contribution is 2.37. The van der Waals surface area contributed by atoms with Gasteiger partial charge in [0.1, 0.15) is 12.1 Å². The Morgan fingerprint density at radius 2 is 1.71 bits per heavy atom. The van der Waals surface area contributed by atoms with Crippen molar-refractivity contribution in [2.24, 2.45) is 0 Å². The number of anilines is 1. The number of likely N-dealkylation sites (tertiary alicyclic amines) is 1. The second-order valence-electron chi connectivity index (χ2n) is 14.1. The van der Waals surface area contributed by atoms with E-state index in [1.54, 1.807) is 11.0 Å². The molecule has 0 bridgehead atoms. The first-order chi connectivity index (χ1) is 23.1. The van der Waals surface area contributed by atoms with Gasteiger partial charge < -0.3 is 19.6 Å². The lowest BCUT2D eigenvalue weighted by molar-refractivity contribution is -0.136. The number of hydrogen-bond acceptors (Lipinski definition) is 8. The topological polar surface area (TPSA) is 115 Å². The van der Waals surface area contributed by atoms with Gasteiger partial charge in [0.25, 0.3) is 5.91 Å². The molecule has 0 aliphatic carbocycles. The highest BCUT2D eigenvalue weighted by molar-refractivity contribution is 6.05. The molecule has 2 N–H and O–H groups in total. The van der Waals surface area contributed by atoms with E-state index >= 15 is 0 Å². The summed E-state index contributed by atoms with van der Waals surface area (Å²) in [6.45, 7) is 8.89. The number of aliphatic hydroxyl groups is 1. The third kappa shape index (κ3) is 6.69. The molecule has 1 unspecified atom stereocenters. The van der Waals surface area contributed by atoms with E-state index in [0.29, 0.717) is 43.2 Å². The van der Waals surface area contributed by atoms with E-state index in [2.05, 4.69) is 64.3 Å². The van der Waals surface area contributed by atoms with Crippen molar-refractivity contribution in [3.05, 3.63) is 88.6 Å². The monoisotopic (exact) mass is 651 g/mol. The Hall–Kier alpha value is -4.28. The summed E-state index contributed by atoms with van der Waals surface area (Å²) >= 11 is 0. The zero-order chi connectivity index (χ0) is 33.4. The zero-order valence-corrected chi connectivity index (χ0v) is 27.9. The molecule has 0 saturated carbocycles. The molecular formula is C38H45N5O5. The summed E-state index contributed by atoms with van der Waals surface area (Å²) in [5.41, 5.74) is 4.94. The van der Waals surface area contributed by atoms with Crippen LogP contribution >= 0.6 is 0 Å². The van der Waals surface area contributed by atoms with Gasteiger partial charge in [0.05, 0.1) is 5.60 Å². The lowest BCUT2D eigenvalue weighted by Gasteiger charge is -2.39. The number of benzene rings is 2. The highest BCUT2D eigenvalue weighted by atomic mass is 16.5. The molecule has 0 spiro atoms. The van der Waals surface area contributed by atoms with Crippen molar-refractivity contribution in [3.63, 3.8) is 0 Å². The Morgan fingerprint density at radius 1 is 0.958 bits per heavy atom. The van der Waals surface area contributed by atoms with E-state index in [9.17, 15) is 19.5 Å². The molecule has 0 radical (unpaired) electrons. The highest BCUT2D eigenvalue weighted by Gasteiger charge is 2.41. The number of fused-ring (bicyclic) bond motifs is 1. The summed E-state index contributed by atoms with van der Waals surface area (Å²) in [7, 11) is 0. The first-order valence-electron chi connectivity index (χ1n) is 17.3. The fourth-order valence-corrected chi connectivity index (χ4v) is 7.51. The fraction of sp³-hybridized carbons (Fsp3) is 0.474. The van der Waals surface area contributed by atoms with Crippen molar-refractivity contribution in [1.29, 1.82) is 0 Å². The molecule has 10 heteroatoms. The maximum absolute atomic E-state index is 13.1. The van der Waals surface area contributed by atoms with Crippen LogP contribution in [0.2, 0.25) is 0 Å². The summed E-state index contributed by atoms with van der Waals surface area (Å²) < 4.78 is 6.18. The number of nitrogens with zero attached hydrogens (tertiary/aromatic N) is 4. The van der Waals surface area contributed by atoms with Crippen LogP contribution in [0.25, 0.3) is 0 Å². The number of ether oxygens (including phenoxy) is 1. The van der Waals surface area contributed by atoms with Gasteiger partial charge in [-0.3, -0.25) is 24.6 Å². The Kier molecular flexibility index (Phi) is 8.96. The Balaban J connectivity index is 0.890. The van der Waals surface area contributed by atoms with Crippen LogP contribution in [0.15, 0.2) is 60.8 Å². The van der Waals surface area contributed by atoms with Gasteiger partial charge in [-0.1, -0.05) is 44.2 Å². The minimum Gasteiger partial charge on any atom is -0.474 e. The minimum absolute atomic E-state index is 0.183. The van der Waals surface area contributed by atoms with Gasteiger partial charge in [-0.15, -0.1) is 0 Å². The second-order valence-corrected chi connectivity index (χ2v) is 14.1. The van der Waals surface area contributed by atoms with Crippen molar-refractivity contribution >= 4 is 23.4 Å².